The summed E-state index contributed by atoms with van der Waals surface area (Å²) in [5.74, 6) is 0. The second kappa shape index (κ2) is 6.72. The van der Waals surface area contributed by atoms with Crippen molar-refractivity contribution in [3.63, 3.8) is 0 Å². The van der Waals surface area contributed by atoms with E-state index in [-0.39, 0.29) is 10.8 Å². The highest BCUT2D eigenvalue weighted by atomic mass is 32.2. The van der Waals surface area contributed by atoms with Crippen LogP contribution in [0.5, 0.6) is 0 Å². The minimum absolute atomic E-state index is 0.0341. The number of hydrogen-bond donors (Lipinski definition) is 2. The van der Waals surface area contributed by atoms with E-state index in [0.717, 1.165) is 24.2 Å². The topological polar surface area (TPSA) is 84.3 Å². The Balaban J connectivity index is 1.73. The molecule has 1 aromatic heterocycles. The molecular formula is C19H22N2O4S. The molecule has 1 aromatic carbocycles. The summed E-state index contributed by atoms with van der Waals surface area (Å²) in [5.41, 5.74) is -1.01. The van der Waals surface area contributed by atoms with Crippen LogP contribution in [0.15, 0.2) is 51.0 Å². The lowest BCUT2D eigenvalue weighted by Crippen LogP contribution is -2.39. The minimum atomic E-state index is -0.611. The summed E-state index contributed by atoms with van der Waals surface area (Å²) >= 11 is 1.65. The van der Waals surface area contributed by atoms with Gasteiger partial charge in [-0.1, -0.05) is 18.2 Å². The lowest BCUT2D eigenvalue weighted by atomic mass is 9.96. The van der Waals surface area contributed by atoms with Crippen molar-refractivity contribution in [1.82, 2.24) is 9.55 Å². The third kappa shape index (κ3) is 3.04. The first-order valence-electron chi connectivity index (χ1n) is 8.88. The zero-order valence-electron chi connectivity index (χ0n) is 14.6. The van der Waals surface area contributed by atoms with Gasteiger partial charge in [0.1, 0.15) is 0 Å². The van der Waals surface area contributed by atoms with Gasteiger partial charge in [0.05, 0.1) is 17.0 Å². The highest BCUT2D eigenvalue weighted by Gasteiger charge is 2.54. The molecule has 2 fully saturated rings. The molecule has 2 N–H and O–H groups in total. The molecule has 2 heterocycles. The number of nitrogens with one attached hydrogen (secondary N) is 1. The van der Waals surface area contributed by atoms with E-state index in [9.17, 15) is 14.7 Å². The van der Waals surface area contributed by atoms with Gasteiger partial charge in [0.2, 0.25) is 0 Å². The van der Waals surface area contributed by atoms with Crippen molar-refractivity contribution >= 4 is 11.8 Å². The van der Waals surface area contributed by atoms with E-state index in [2.05, 4.69) is 4.98 Å². The lowest BCUT2D eigenvalue weighted by molar-refractivity contribution is -0.121. The molecule has 4 atom stereocenters. The van der Waals surface area contributed by atoms with Crippen molar-refractivity contribution in [1.29, 1.82) is 0 Å². The van der Waals surface area contributed by atoms with E-state index in [1.807, 2.05) is 30.3 Å². The van der Waals surface area contributed by atoms with Crippen LogP contribution in [0.2, 0.25) is 0 Å². The number of ether oxygens (including phenoxy) is 1. The highest BCUT2D eigenvalue weighted by Crippen LogP contribution is 2.51. The number of benzene rings is 1. The number of hydrogen-bond acceptors (Lipinski definition) is 5. The molecule has 2 aromatic rings. The predicted molar refractivity (Wildman–Crippen MR) is 99.5 cm³/mol. The first-order chi connectivity index (χ1) is 12.5. The first kappa shape index (κ1) is 17.6. The molecular weight excluding hydrogens is 352 g/mol. The molecule has 1 saturated heterocycles. The van der Waals surface area contributed by atoms with Gasteiger partial charge >= 0.3 is 5.69 Å². The number of aliphatic hydroxyl groups excluding tert-OH is 1. The van der Waals surface area contributed by atoms with Crippen LogP contribution >= 0.6 is 11.8 Å². The number of aliphatic hydroxyl groups is 1. The zero-order chi connectivity index (χ0) is 18.3. The van der Waals surface area contributed by atoms with Crippen LogP contribution in [0, 0.1) is 6.92 Å². The molecule has 1 spiro atoms. The second-order valence-electron chi connectivity index (χ2n) is 7.13. The number of rotatable bonds is 3. The molecule has 7 heteroatoms. The van der Waals surface area contributed by atoms with Gasteiger partial charge in [-0.3, -0.25) is 14.3 Å². The third-order valence-electron chi connectivity index (χ3n) is 5.36. The summed E-state index contributed by atoms with van der Waals surface area (Å²) in [6, 6.07) is 9.97. The van der Waals surface area contributed by atoms with E-state index in [1.54, 1.807) is 24.9 Å². The Morgan fingerprint density at radius 1 is 1.31 bits per heavy atom. The van der Waals surface area contributed by atoms with Crippen LogP contribution in [0.1, 0.15) is 37.5 Å². The van der Waals surface area contributed by atoms with E-state index in [1.165, 1.54) is 4.57 Å². The fourth-order valence-electron chi connectivity index (χ4n) is 3.99. The van der Waals surface area contributed by atoms with E-state index in [0.29, 0.717) is 12.0 Å². The Hall–Kier alpha value is -1.83. The van der Waals surface area contributed by atoms with Crippen LogP contribution in [0.4, 0.5) is 0 Å². The average molecular weight is 374 g/mol. The molecule has 0 bridgehead atoms. The van der Waals surface area contributed by atoms with Gasteiger partial charge in [0.15, 0.2) is 6.23 Å². The summed E-state index contributed by atoms with van der Waals surface area (Å²) in [4.78, 5) is 27.6. The van der Waals surface area contributed by atoms with Gasteiger partial charge in [-0.25, -0.2) is 4.79 Å². The van der Waals surface area contributed by atoms with Crippen LogP contribution in [-0.2, 0) is 4.74 Å². The largest absolute Gasteiger partial charge is 0.390 e. The third-order valence-corrected chi connectivity index (χ3v) is 6.60. The van der Waals surface area contributed by atoms with Crippen LogP contribution in [-0.4, -0.2) is 31.6 Å². The molecule has 0 unspecified atom stereocenters. The Kier molecular flexibility index (Phi) is 4.54. The maximum Gasteiger partial charge on any atom is 0.330 e. The molecule has 1 aliphatic carbocycles. The molecule has 6 nitrogen and oxygen atoms in total. The SMILES string of the molecule is Cc1cn([C@H]2O[C@@]3(CCC[C@@H]3O)C[C@H]2Sc2ccccc2)c(=O)[nH]c1=O. The molecule has 1 saturated carbocycles. The number of aromatic amines is 1. The number of aryl methyl sites for hydroxylation is 1. The Bertz CT molecular complexity index is 910. The van der Waals surface area contributed by atoms with Crippen LogP contribution < -0.4 is 11.2 Å². The van der Waals surface area contributed by atoms with Gasteiger partial charge in [-0.2, -0.15) is 0 Å². The van der Waals surface area contributed by atoms with Gasteiger partial charge in [0, 0.05) is 16.7 Å². The Morgan fingerprint density at radius 3 is 2.77 bits per heavy atom. The molecule has 4 rings (SSSR count). The first-order valence-corrected chi connectivity index (χ1v) is 9.76. The lowest BCUT2D eigenvalue weighted by Gasteiger charge is -2.28. The summed E-state index contributed by atoms with van der Waals surface area (Å²) in [6.45, 7) is 1.67. The molecule has 2 aliphatic rings. The van der Waals surface area contributed by atoms with E-state index < -0.39 is 23.6 Å². The normalized spacial score (nSPS) is 30.9. The summed E-state index contributed by atoms with van der Waals surface area (Å²) < 4.78 is 7.81. The fraction of sp³-hybridized carbons (Fsp3) is 0.474. The Labute approximate surface area is 155 Å². The van der Waals surface area contributed by atoms with Crippen molar-refractivity contribution in [2.75, 3.05) is 0 Å². The maximum absolute atomic E-state index is 12.4. The van der Waals surface area contributed by atoms with Crippen molar-refractivity contribution < 1.29 is 9.84 Å². The predicted octanol–water partition coefficient (Wildman–Crippen LogP) is 2.21. The van der Waals surface area contributed by atoms with Crippen molar-refractivity contribution in [2.45, 2.75) is 60.7 Å². The minimum Gasteiger partial charge on any atom is -0.390 e. The van der Waals surface area contributed by atoms with Crippen molar-refractivity contribution in [2.24, 2.45) is 0 Å². The van der Waals surface area contributed by atoms with Crippen molar-refractivity contribution in [3.05, 3.63) is 62.9 Å². The van der Waals surface area contributed by atoms with Crippen LogP contribution in [0.25, 0.3) is 0 Å². The monoisotopic (exact) mass is 374 g/mol. The molecule has 26 heavy (non-hydrogen) atoms. The summed E-state index contributed by atoms with van der Waals surface area (Å²) in [5, 5.41) is 10.5. The summed E-state index contributed by atoms with van der Waals surface area (Å²) in [6.07, 6.45) is 3.59. The highest BCUT2D eigenvalue weighted by molar-refractivity contribution is 8.00. The zero-order valence-corrected chi connectivity index (χ0v) is 15.4. The molecule has 0 amide bonds. The smallest absolute Gasteiger partial charge is 0.330 e. The van der Waals surface area contributed by atoms with Crippen molar-refractivity contribution in [3.8, 4) is 0 Å². The summed E-state index contributed by atoms with van der Waals surface area (Å²) in [7, 11) is 0. The Morgan fingerprint density at radius 2 is 2.08 bits per heavy atom. The van der Waals surface area contributed by atoms with Gasteiger partial charge < -0.3 is 9.84 Å². The van der Waals surface area contributed by atoms with E-state index in [4.69, 9.17) is 4.74 Å². The van der Waals surface area contributed by atoms with Gasteiger partial charge in [0.25, 0.3) is 5.56 Å². The van der Waals surface area contributed by atoms with E-state index >= 15 is 0 Å². The second-order valence-corrected chi connectivity index (χ2v) is 8.45. The molecule has 138 valence electrons. The number of H-pyrrole nitrogens is 1. The quantitative estimate of drug-likeness (QED) is 0.861. The number of thioether (sulfide) groups is 1. The number of aromatic nitrogens is 2. The van der Waals surface area contributed by atoms with Crippen LogP contribution in [0.3, 0.4) is 0 Å². The number of nitrogens with zero attached hydrogens (tertiary/aromatic N) is 1. The average Bonchev–Trinajstić information content (AvgIpc) is 3.16. The molecule has 1 aliphatic heterocycles. The standard InChI is InChI=1S/C19H22N2O4S/c1-12-11-21(18(24)20-16(12)23)17-14(26-13-6-3-2-4-7-13)10-19(25-17)9-5-8-15(19)22/h2-4,6-7,11,14-15,17,22H,5,8-10H2,1H3,(H,20,23,24)/t14-,15+,17+,19+/m1/s1. The molecule has 0 radical (unpaired) electrons. The van der Waals surface area contributed by atoms with Gasteiger partial charge in [-0.15, -0.1) is 11.8 Å². The fourth-order valence-corrected chi connectivity index (χ4v) is 5.32. The van der Waals surface area contributed by atoms with Gasteiger partial charge in [-0.05, 0) is 44.7 Å². The maximum atomic E-state index is 12.4.